The number of hydrogen-bond donors (Lipinski definition) is 0. The summed E-state index contributed by atoms with van der Waals surface area (Å²) in [5.41, 5.74) is 0.982. The zero-order valence-electron chi connectivity index (χ0n) is 12.0. The third-order valence-corrected chi connectivity index (χ3v) is 4.39. The third-order valence-electron chi connectivity index (χ3n) is 4.39. The lowest BCUT2D eigenvalue weighted by Crippen LogP contribution is -2.44. The lowest BCUT2D eigenvalue weighted by Gasteiger charge is -2.31. The normalized spacial score (nSPS) is 24.1. The van der Waals surface area contributed by atoms with Crippen LogP contribution < -0.4 is 9.64 Å². The summed E-state index contributed by atoms with van der Waals surface area (Å²) < 4.78 is 5.16. The van der Waals surface area contributed by atoms with Crippen molar-refractivity contribution in [3.05, 3.63) is 24.3 Å². The van der Waals surface area contributed by atoms with Crippen LogP contribution in [-0.2, 0) is 4.79 Å². The van der Waals surface area contributed by atoms with E-state index in [2.05, 4.69) is 4.90 Å². The number of anilines is 1. The number of ether oxygens (including phenoxy) is 1. The van der Waals surface area contributed by atoms with Gasteiger partial charge in [-0.05, 0) is 56.6 Å². The van der Waals surface area contributed by atoms with Crippen LogP contribution in [0.5, 0.6) is 5.75 Å². The summed E-state index contributed by atoms with van der Waals surface area (Å²) in [6, 6.07) is 7.86. The highest BCUT2D eigenvalue weighted by Gasteiger charge is 2.36. The number of piperidine rings is 1. The van der Waals surface area contributed by atoms with E-state index in [-0.39, 0.29) is 11.9 Å². The molecule has 1 unspecified atom stereocenters. The van der Waals surface area contributed by atoms with Gasteiger partial charge >= 0.3 is 0 Å². The van der Waals surface area contributed by atoms with Crippen molar-refractivity contribution in [2.45, 2.75) is 31.7 Å². The van der Waals surface area contributed by atoms with Crippen LogP contribution in [0.15, 0.2) is 24.3 Å². The number of carbonyl (C=O) groups is 1. The van der Waals surface area contributed by atoms with Crippen LogP contribution in [0, 0.1) is 0 Å². The molecule has 2 fully saturated rings. The van der Waals surface area contributed by atoms with Gasteiger partial charge in [-0.1, -0.05) is 6.42 Å². The summed E-state index contributed by atoms with van der Waals surface area (Å²) >= 11 is 0. The standard InChI is InChI=1S/C16H22N2O2/c1-20-14-7-5-13(6-8-14)18-12-9-15(16(18)19)17-10-3-2-4-11-17/h5-8,15H,2-4,9-12H2,1H3. The van der Waals surface area contributed by atoms with Gasteiger partial charge < -0.3 is 9.64 Å². The van der Waals surface area contributed by atoms with Gasteiger partial charge in [-0.15, -0.1) is 0 Å². The van der Waals surface area contributed by atoms with Crippen LogP contribution in [0.2, 0.25) is 0 Å². The Morgan fingerprint density at radius 1 is 1.05 bits per heavy atom. The summed E-state index contributed by atoms with van der Waals surface area (Å²) in [4.78, 5) is 16.9. The van der Waals surface area contributed by atoms with Crippen LogP contribution in [-0.4, -0.2) is 43.6 Å². The number of amides is 1. The maximum absolute atomic E-state index is 12.6. The van der Waals surface area contributed by atoms with E-state index in [9.17, 15) is 4.79 Å². The topological polar surface area (TPSA) is 32.8 Å². The number of benzene rings is 1. The van der Waals surface area contributed by atoms with Crippen LogP contribution in [0.4, 0.5) is 5.69 Å². The van der Waals surface area contributed by atoms with Crippen LogP contribution in [0.3, 0.4) is 0 Å². The second kappa shape index (κ2) is 5.83. The van der Waals surface area contributed by atoms with Crippen molar-refractivity contribution in [1.82, 2.24) is 4.90 Å². The summed E-state index contributed by atoms with van der Waals surface area (Å²) in [6.45, 7) is 2.98. The van der Waals surface area contributed by atoms with Crippen molar-refractivity contribution in [1.29, 1.82) is 0 Å². The average molecular weight is 274 g/mol. The number of hydrogen-bond acceptors (Lipinski definition) is 3. The Hall–Kier alpha value is -1.55. The highest BCUT2D eigenvalue weighted by Crippen LogP contribution is 2.27. The molecule has 1 aromatic rings. The summed E-state index contributed by atoms with van der Waals surface area (Å²) in [5, 5.41) is 0. The van der Waals surface area contributed by atoms with Crippen molar-refractivity contribution >= 4 is 11.6 Å². The predicted molar refractivity (Wildman–Crippen MR) is 79.2 cm³/mol. The summed E-state index contributed by atoms with van der Waals surface area (Å²) in [5.74, 6) is 1.09. The maximum Gasteiger partial charge on any atom is 0.244 e. The van der Waals surface area contributed by atoms with Crippen molar-refractivity contribution in [2.75, 3.05) is 31.6 Å². The van der Waals surface area contributed by atoms with Gasteiger partial charge in [-0.3, -0.25) is 9.69 Å². The molecule has 0 bridgehead atoms. The van der Waals surface area contributed by atoms with E-state index in [0.29, 0.717) is 0 Å². The summed E-state index contributed by atoms with van der Waals surface area (Å²) in [6.07, 6.45) is 4.71. The van der Waals surface area contributed by atoms with E-state index >= 15 is 0 Å². The fourth-order valence-corrected chi connectivity index (χ4v) is 3.25. The molecule has 108 valence electrons. The molecule has 0 spiro atoms. The highest BCUT2D eigenvalue weighted by atomic mass is 16.5. The maximum atomic E-state index is 12.6. The molecule has 2 aliphatic rings. The molecular weight excluding hydrogens is 252 g/mol. The van der Waals surface area contributed by atoms with E-state index in [1.807, 2.05) is 29.2 Å². The molecule has 0 aliphatic carbocycles. The second-order valence-corrected chi connectivity index (χ2v) is 5.59. The molecule has 2 aliphatic heterocycles. The second-order valence-electron chi connectivity index (χ2n) is 5.59. The lowest BCUT2D eigenvalue weighted by molar-refractivity contribution is -0.122. The molecule has 2 heterocycles. The molecule has 1 atom stereocenters. The Bertz CT molecular complexity index is 466. The van der Waals surface area contributed by atoms with E-state index in [4.69, 9.17) is 4.74 Å². The molecule has 0 aromatic heterocycles. The van der Waals surface area contributed by atoms with E-state index in [1.165, 1.54) is 19.3 Å². The molecule has 20 heavy (non-hydrogen) atoms. The first-order valence-corrected chi connectivity index (χ1v) is 7.49. The molecule has 0 saturated carbocycles. The third kappa shape index (κ3) is 2.52. The molecule has 4 nitrogen and oxygen atoms in total. The molecule has 0 N–H and O–H groups in total. The Morgan fingerprint density at radius 3 is 2.40 bits per heavy atom. The molecule has 0 radical (unpaired) electrons. The molecule has 3 rings (SSSR count). The van der Waals surface area contributed by atoms with Gasteiger partial charge in [0, 0.05) is 12.2 Å². The zero-order chi connectivity index (χ0) is 13.9. The predicted octanol–water partition coefficient (Wildman–Crippen LogP) is 2.29. The number of methoxy groups -OCH3 is 1. The monoisotopic (exact) mass is 274 g/mol. The van der Waals surface area contributed by atoms with Crippen LogP contribution >= 0.6 is 0 Å². The van der Waals surface area contributed by atoms with Gasteiger partial charge in [0.2, 0.25) is 5.91 Å². The van der Waals surface area contributed by atoms with E-state index in [0.717, 1.165) is 37.5 Å². The van der Waals surface area contributed by atoms with Crippen molar-refractivity contribution < 1.29 is 9.53 Å². The average Bonchev–Trinajstić information content (AvgIpc) is 2.90. The summed E-state index contributed by atoms with van der Waals surface area (Å²) in [7, 11) is 1.66. The van der Waals surface area contributed by atoms with Gasteiger partial charge in [-0.25, -0.2) is 0 Å². The first-order chi connectivity index (χ1) is 9.79. The van der Waals surface area contributed by atoms with Crippen LogP contribution in [0.25, 0.3) is 0 Å². The Morgan fingerprint density at radius 2 is 1.75 bits per heavy atom. The van der Waals surface area contributed by atoms with Crippen molar-refractivity contribution in [3.8, 4) is 5.75 Å². The first-order valence-electron chi connectivity index (χ1n) is 7.49. The zero-order valence-corrected chi connectivity index (χ0v) is 12.0. The van der Waals surface area contributed by atoms with E-state index in [1.54, 1.807) is 7.11 Å². The molecular formula is C16H22N2O2. The van der Waals surface area contributed by atoms with Gasteiger partial charge in [0.15, 0.2) is 0 Å². The quantitative estimate of drug-likeness (QED) is 0.848. The Balaban J connectivity index is 1.70. The molecule has 1 amide bonds. The van der Waals surface area contributed by atoms with Crippen LogP contribution in [0.1, 0.15) is 25.7 Å². The largest absolute Gasteiger partial charge is 0.497 e. The number of likely N-dealkylation sites (tertiary alicyclic amines) is 1. The van der Waals surface area contributed by atoms with Crippen molar-refractivity contribution in [2.24, 2.45) is 0 Å². The smallest absolute Gasteiger partial charge is 0.244 e. The molecule has 4 heteroatoms. The minimum absolute atomic E-state index is 0.0948. The first kappa shape index (κ1) is 13.4. The number of carbonyl (C=O) groups excluding carboxylic acids is 1. The molecule has 2 saturated heterocycles. The number of nitrogens with zero attached hydrogens (tertiary/aromatic N) is 2. The fraction of sp³-hybridized carbons (Fsp3) is 0.562. The highest BCUT2D eigenvalue weighted by molar-refractivity contribution is 5.99. The Kier molecular flexibility index (Phi) is 3.92. The van der Waals surface area contributed by atoms with Gasteiger partial charge in [-0.2, -0.15) is 0 Å². The SMILES string of the molecule is COc1ccc(N2CCC(N3CCCCC3)C2=O)cc1. The van der Waals surface area contributed by atoms with Crippen molar-refractivity contribution in [3.63, 3.8) is 0 Å². The molecule has 1 aromatic carbocycles. The van der Waals surface area contributed by atoms with Gasteiger partial charge in [0.1, 0.15) is 5.75 Å². The minimum Gasteiger partial charge on any atom is -0.497 e. The van der Waals surface area contributed by atoms with Gasteiger partial charge in [0.05, 0.1) is 13.2 Å². The minimum atomic E-state index is 0.0948. The Labute approximate surface area is 120 Å². The number of rotatable bonds is 3. The van der Waals surface area contributed by atoms with Gasteiger partial charge in [0.25, 0.3) is 0 Å². The fourth-order valence-electron chi connectivity index (χ4n) is 3.25. The lowest BCUT2D eigenvalue weighted by atomic mass is 10.1. The van der Waals surface area contributed by atoms with E-state index < -0.39 is 0 Å².